The van der Waals surface area contributed by atoms with Gasteiger partial charge in [-0.15, -0.1) is 11.3 Å². The number of benzene rings is 1. The van der Waals surface area contributed by atoms with E-state index in [1.807, 2.05) is 4.72 Å². The van der Waals surface area contributed by atoms with Crippen LogP contribution in [0.3, 0.4) is 0 Å². The van der Waals surface area contributed by atoms with Gasteiger partial charge in [0.25, 0.3) is 10.0 Å². The van der Waals surface area contributed by atoms with Crippen molar-refractivity contribution >= 4 is 27.3 Å². The summed E-state index contributed by atoms with van der Waals surface area (Å²) in [5, 5.41) is 8.54. The molecule has 0 amide bonds. The number of nitrogens with one attached hydrogen (secondary N) is 1. The number of rotatable bonds is 4. The van der Waals surface area contributed by atoms with E-state index in [1.165, 1.54) is 6.07 Å². The zero-order chi connectivity index (χ0) is 17.2. The molecule has 2 heterocycles. The van der Waals surface area contributed by atoms with Crippen molar-refractivity contribution < 1.29 is 27.8 Å². The van der Waals surface area contributed by atoms with Crippen LogP contribution in [0.1, 0.15) is 10.4 Å². The van der Waals surface area contributed by atoms with Crippen LogP contribution in [-0.4, -0.2) is 32.8 Å². The highest BCUT2D eigenvalue weighted by molar-refractivity contribution is 7.91. The number of thiophene rings is 1. The summed E-state index contributed by atoms with van der Waals surface area (Å²) in [6.07, 6.45) is 0. The Kier molecular flexibility index (Phi) is 4.44. The first kappa shape index (κ1) is 16.3. The first-order chi connectivity index (χ1) is 11.4. The quantitative estimate of drug-likeness (QED) is 0.791. The average molecular weight is 365 g/mol. The largest absolute Gasteiger partial charge is 0.480 e. The molecule has 124 valence electrons. The van der Waals surface area contributed by atoms with E-state index in [-0.39, 0.29) is 11.0 Å². The second-order valence-electron chi connectivity index (χ2n) is 4.66. The third kappa shape index (κ3) is 3.68. The Morgan fingerprint density at radius 2 is 2.00 bits per heavy atom. The van der Waals surface area contributed by atoms with E-state index < -0.39 is 22.5 Å². The molecule has 0 fully saturated rings. The lowest BCUT2D eigenvalue weighted by molar-refractivity contribution is -0.135. The number of aliphatic carboxylic acids is 1. The van der Waals surface area contributed by atoms with Crippen molar-refractivity contribution in [2.24, 2.45) is 0 Å². The first-order valence-electron chi connectivity index (χ1n) is 6.67. The molecule has 9 heteroatoms. The van der Waals surface area contributed by atoms with E-state index in [1.54, 1.807) is 24.3 Å². The summed E-state index contributed by atoms with van der Waals surface area (Å²) in [5.41, 5.74) is 0.709. The summed E-state index contributed by atoms with van der Waals surface area (Å²) < 4.78 is 36.3. The topological polar surface area (TPSA) is 102 Å². The molecule has 0 atom stereocenters. The fourth-order valence-electron chi connectivity index (χ4n) is 1.87. The Labute approximate surface area is 141 Å². The molecule has 1 aromatic heterocycles. The monoisotopic (exact) mass is 365 g/mol. The molecule has 2 N–H and O–H groups in total. The summed E-state index contributed by atoms with van der Waals surface area (Å²) in [6.45, 7) is -0.486. The lowest BCUT2D eigenvalue weighted by atomic mass is 10.2. The van der Waals surface area contributed by atoms with Gasteiger partial charge in [-0.1, -0.05) is 11.8 Å². The first-order valence-corrected chi connectivity index (χ1v) is 8.97. The van der Waals surface area contributed by atoms with Gasteiger partial charge in [0, 0.05) is 5.56 Å². The predicted octanol–water partition coefficient (Wildman–Crippen LogP) is 1.24. The van der Waals surface area contributed by atoms with E-state index in [0.29, 0.717) is 21.9 Å². The van der Waals surface area contributed by atoms with Crippen molar-refractivity contribution in [3.63, 3.8) is 0 Å². The van der Waals surface area contributed by atoms with Gasteiger partial charge in [0.1, 0.15) is 10.8 Å². The lowest BCUT2D eigenvalue weighted by Crippen LogP contribution is -2.28. The molecular formula is C15H11NO6S2. The number of sulfonamides is 1. The predicted molar refractivity (Wildman–Crippen MR) is 85.7 cm³/mol. The zero-order valence-electron chi connectivity index (χ0n) is 12.1. The number of hydrogen-bond acceptors (Lipinski definition) is 6. The Morgan fingerprint density at radius 1 is 1.21 bits per heavy atom. The lowest BCUT2D eigenvalue weighted by Gasteiger charge is -2.00. The minimum Gasteiger partial charge on any atom is -0.480 e. The molecule has 0 spiro atoms. The van der Waals surface area contributed by atoms with E-state index in [4.69, 9.17) is 14.6 Å². The van der Waals surface area contributed by atoms with Gasteiger partial charge in [-0.05, 0) is 30.3 Å². The van der Waals surface area contributed by atoms with Crippen LogP contribution in [0.4, 0.5) is 0 Å². The average Bonchev–Trinajstić information content (AvgIpc) is 3.20. The summed E-state index contributed by atoms with van der Waals surface area (Å²) in [6, 6.07) is 8.24. The van der Waals surface area contributed by atoms with Crippen molar-refractivity contribution in [3.8, 4) is 23.3 Å². The minimum atomic E-state index is -3.84. The fourth-order valence-corrected chi connectivity index (χ4v) is 4.05. The Hall–Kier alpha value is -2.54. The van der Waals surface area contributed by atoms with Crippen molar-refractivity contribution in [2.45, 2.75) is 4.21 Å². The van der Waals surface area contributed by atoms with Crippen LogP contribution in [-0.2, 0) is 14.8 Å². The molecule has 1 aliphatic rings. The second kappa shape index (κ2) is 6.52. The SMILES string of the molecule is O=C(O)CNS(=O)(=O)c1ccc(C#Cc2ccc3c(c2)OCO3)s1. The third-order valence-corrected chi connectivity index (χ3v) is 5.86. The van der Waals surface area contributed by atoms with Crippen molar-refractivity contribution in [3.05, 3.63) is 40.8 Å². The normalized spacial score (nSPS) is 12.5. The van der Waals surface area contributed by atoms with Crippen LogP contribution in [0.5, 0.6) is 11.5 Å². The van der Waals surface area contributed by atoms with Gasteiger partial charge in [-0.2, -0.15) is 4.72 Å². The highest BCUT2D eigenvalue weighted by atomic mass is 32.2. The molecule has 1 aliphatic heterocycles. The van der Waals surface area contributed by atoms with E-state index in [9.17, 15) is 13.2 Å². The van der Waals surface area contributed by atoms with Crippen molar-refractivity contribution in [1.82, 2.24) is 4.72 Å². The summed E-state index contributed by atoms with van der Waals surface area (Å²) in [5.74, 6) is 5.82. The molecular weight excluding hydrogens is 354 g/mol. The number of carboxylic acid groups (broad SMARTS) is 1. The standard InChI is InChI=1S/C15H11NO6S2/c17-14(18)8-16-24(19,20)15-6-4-11(23-15)3-1-10-2-5-12-13(7-10)22-9-21-12/h2,4-7,16H,8-9H2,(H,17,18). The fraction of sp³-hybridized carbons (Fsp3) is 0.133. The van der Waals surface area contributed by atoms with E-state index >= 15 is 0 Å². The Balaban J connectivity index is 1.76. The van der Waals surface area contributed by atoms with Crippen LogP contribution in [0.15, 0.2) is 34.5 Å². The number of fused-ring (bicyclic) bond motifs is 1. The molecule has 0 radical (unpaired) electrons. The highest BCUT2D eigenvalue weighted by Gasteiger charge is 2.17. The molecule has 7 nitrogen and oxygen atoms in total. The Bertz CT molecular complexity index is 952. The van der Waals surface area contributed by atoms with E-state index in [2.05, 4.69) is 11.8 Å². The molecule has 2 aromatic rings. The van der Waals surface area contributed by atoms with Gasteiger partial charge in [-0.25, -0.2) is 8.42 Å². The molecule has 0 bridgehead atoms. The molecule has 0 unspecified atom stereocenters. The summed E-state index contributed by atoms with van der Waals surface area (Å²) in [7, 11) is -3.84. The number of hydrogen-bond donors (Lipinski definition) is 2. The van der Waals surface area contributed by atoms with Crippen LogP contribution in [0.2, 0.25) is 0 Å². The highest BCUT2D eigenvalue weighted by Crippen LogP contribution is 2.32. The van der Waals surface area contributed by atoms with Crippen molar-refractivity contribution in [1.29, 1.82) is 0 Å². The number of ether oxygens (including phenoxy) is 2. The van der Waals surface area contributed by atoms with E-state index in [0.717, 1.165) is 11.3 Å². The second-order valence-corrected chi connectivity index (χ2v) is 7.73. The van der Waals surface area contributed by atoms with Crippen LogP contribution in [0, 0.1) is 11.8 Å². The molecule has 0 saturated heterocycles. The molecule has 1 aromatic carbocycles. The van der Waals surface area contributed by atoms with Crippen LogP contribution in [0.25, 0.3) is 0 Å². The minimum absolute atomic E-state index is 0.0127. The summed E-state index contributed by atoms with van der Waals surface area (Å²) >= 11 is 0.963. The summed E-state index contributed by atoms with van der Waals surface area (Å²) in [4.78, 5) is 11.0. The van der Waals surface area contributed by atoms with Gasteiger partial charge in [0.15, 0.2) is 11.5 Å². The van der Waals surface area contributed by atoms with Crippen molar-refractivity contribution in [2.75, 3.05) is 13.3 Å². The maximum atomic E-state index is 11.9. The zero-order valence-corrected chi connectivity index (χ0v) is 13.7. The van der Waals surface area contributed by atoms with Crippen LogP contribution >= 0.6 is 11.3 Å². The van der Waals surface area contributed by atoms with Gasteiger partial charge in [-0.3, -0.25) is 4.79 Å². The Morgan fingerprint density at radius 3 is 2.79 bits per heavy atom. The van der Waals surface area contributed by atoms with Gasteiger partial charge in [0.05, 0.1) is 4.88 Å². The maximum absolute atomic E-state index is 11.9. The van der Waals surface area contributed by atoms with Gasteiger partial charge >= 0.3 is 5.97 Å². The molecule has 24 heavy (non-hydrogen) atoms. The van der Waals surface area contributed by atoms with Crippen LogP contribution < -0.4 is 14.2 Å². The molecule has 0 aliphatic carbocycles. The third-order valence-electron chi connectivity index (χ3n) is 2.96. The number of carbonyl (C=O) groups is 1. The van der Waals surface area contributed by atoms with Gasteiger partial charge in [0.2, 0.25) is 6.79 Å². The smallest absolute Gasteiger partial charge is 0.318 e. The molecule has 0 saturated carbocycles. The molecule has 3 rings (SSSR count). The maximum Gasteiger partial charge on any atom is 0.318 e. The number of carboxylic acids is 1. The van der Waals surface area contributed by atoms with Gasteiger partial charge < -0.3 is 14.6 Å².